The van der Waals surface area contributed by atoms with E-state index in [1.54, 1.807) is 0 Å². The lowest BCUT2D eigenvalue weighted by molar-refractivity contribution is -0.117. The molecule has 5 heteroatoms. The van der Waals surface area contributed by atoms with Crippen molar-refractivity contribution in [2.45, 2.75) is 44.4 Å². The molecule has 0 radical (unpaired) electrons. The van der Waals surface area contributed by atoms with Gasteiger partial charge in [-0.1, -0.05) is 25.0 Å². The summed E-state index contributed by atoms with van der Waals surface area (Å²) in [5, 5.41) is 10.2. The molecule has 1 fully saturated rings. The third-order valence-corrected chi connectivity index (χ3v) is 4.47. The lowest BCUT2D eigenvalue weighted by Crippen LogP contribution is -2.19. The Morgan fingerprint density at radius 1 is 1.32 bits per heavy atom. The number of nitrogen functional groups attached to an aromatic ring is 1. The molecule has 0 spiro atoms. The molecule has 3 rings (SSSR count). The van der Waals surface area contributed by atoms with E-state index in [0.29, 0.717) is 17.4 Å². The van der Waals surface area contributed by atoms with Crippen molar-refractivity contribution in [2.75, 3.05) is 11.1 Å². The van der Waals surface area contributed by atoms with E-state index < -0.39 is 0 Å². The standard InChI is InChI=1S/C17H22N4O/c1-11(12-6-8-14(18)9-7-12)17(22)19-16-10-15(20-21-16)13-4-2-3-5-13/h6-11,13H,2-5,18H2,1H3,(H2,19,20,21,22)/t11-/m1/s1. The van der Waals surface area contributed by atoms with Crippen molar-refractivity contribution >= 4 is 17.4 Å². The molecule has 1 amide bonds. The molecular weight excluding hydrogens is 276 g/mol. The lowest BCUT2D eigenvalue weighted by Gasteiger charge is -2.11. The Morgan fingerprint density at radius 2 is 2.00 bits per heavy atom. The summed E-state index contributed by atoms with van der Waals surface area (Å²) in [7, 11) is 0. The number of benzene rings is 1. The average molecular weight is 298 g/mol. The highest BCUT2D eigenvalue weighted by molar-refractivity contribution is 5.94. The smallest absolute Gasteiger partial charge is 0.232 e. The Balaban J connectivity index is 1.64. The van der Waals surface area contributed by atoms with Gasteiger partial charge in [-0.2, -0.15) is 5.10 Å². The molecule has 0 unspecified atom stereocenters. The lowest BCUT2D eigenvalue weighted by atomic mass is 10.00. The molecule has 116 valence electrons. The number of carbonyl (C=O) groups excluding carboxylic acids is 1. The first kappa shape index (κ1) is 14.6. The molecule has 4 N–H and O–H groups in total. The van der Waals surface area contributed by atoms with E-state index in [1.165, 1.54) is 25.7 Å². The van der Waals surface area contributed by atoms with Gasteiger partial charge in [0, 0.05) is 23.4 Å². The van der Waals surface area contributed by atoms with E-state index in [2.05, 4.69) is 15.5 Å². The summed E-state index contributed by atoms with van der Waals surface area (Å²) in [6.45, 7) is 1.88. The van der Waals surface area contributed by atoms with Crippen LogP contribution in [0.15, 0.2) is 30.3 Å². The number of carbonyl (C=O) groups is 1. The van der Waals surface area contributed by atoms with Crippen molar-refractivity contribution in [3.63, 3.8) is 0 Å². The van der Waals surface area contributed by atoms with E-state index in [4.69, 9.17) is 5.73 Å². The first-order chi connectivity index (χ1) is 10.6. The van der Waals surface area contributed by atoms with E-state index in [1.807, 2.05) is 37.3 Å². The van der Waals surface area contributed by atoms with E-state index in [0.717, 1.165) is 11.3 Å². The van der Waals surface area contributed by atoms with Gasteiger partial charge in [-0.05, 0) is 37.5 Å². The Labute approximate surface area is 130 Å². The van der Waals surface area contributed by atoms with Crippen LogP contribution in [0.3, 0.4) is 0 Å². The van der Waals surface area contributed by atoms with Crippen LogP contribution in [0.1, 0.15) is 55.7 Å². The molecule has 1 aliphatic rings. The van der Waals surface area contributed by atoms with E-state index >= 15 is 0 Å². The average Bonchev–Trinajstić information content (AvgIpc) is 3.18. The van der Waals surface area contributed by atoms with Crippen LogP contribution < -0.4 is 11.1 Å². The molecule has 5 nitrogen and oxygen atoms in total. The minimum Gasteiger partial charge on any atom is -0.399 e. The minimum atomic E-state index is -0.243. The molecule has 0 bridgehead atoms. The van der Waals surface area contributed by atoms with Gasteiger partial charge in [0.15, 0.2) is 5.82 Å². The second kappa shape index (κ2) is 6.22. The highest BCUT2D eigenvalue weighted by Gasteiger charge is 2.21. The van der Waals surface area contributed by atoms with Crippen LogP contribution in [0.4, 0.5) is 11.5 Å². The molecule has 1 aromatic heterocycles. The predicted octanol–water partition coefficient (Wildman–Crippen LogP) is 3.39. The number of nitrogens with one attached hydrogen (secondary N) is 2. The monoisotopic (exact) mass is 298 g/mol. The third-order valence-electron chi connectivity index (χ3n) is 4.47. The van der Waals surface area contributed by atoms with Crippen LogP contribution in [0.25, 0.3) is 0 Å². The Bertz CT molecular complexity index is 641. The number of amides is 1. The second-order valence-corrected chi connectivity index (χ2v) is 6.07. The van der Waals surface area contributed by atoms with Crippen LogP contribution in [-0.2, 0) is 4.79 Å². The number of H-pyrrole nitrogens is 1. The summed E-state index contributed by atoms with van der Waals surface area (Å²) >= 11 is 0. The van der Waals surface area contributed by atoms with Gasteiger partial charge in [0.1, 0.15) is 0 Å². The summed E-state index contributed by atoms with van der Waals surface area (Å²) in [6, 6.07) is 9.35. The zero-order chi connectivity index (χ0) is 15.5. The summed E-state index contributed by atoms with van der Waals surface area (Å²) < 4.78 is 0. The number of hydrogen-bond donors (Lipinski definition) is 3. The van der Waals surface area contributed by atoms with Crippen LogP contribution in [0, 0.1) is 0 Å². The topological polar surface area (TPSA) is 83.8 Å². The zero-order valence-electron chi connectivity index (χ0n) is 12.8. The van der Waals surface area contributed by atoms with Crippen LogP contribution >= 0.6 is 0 Å². The van der Waals surface area contributed by atoms with Crippen molar-refractivity contribution < 1.29 is 4.79 Å². The van der Waals surface area contributed by atoms with E-state index in [-0.39, 0.29) is 11.8 Å². The molecule has 22 heavy (non-hydrogen) atoms. The SMILES string of the molecule is C[C@@H](C(=O)Nc1cc(C2CCCC2)[nH]n1)c1ccc(N)cc1. The van der Waals surface area contributed by atoms with Crippen molar-refractivity contribution in [1.29, 1.82) is 0 Å². The largest absolute Gasteiger partial charge is 0.399 e. The Hall–Kier alpha value is -2.30. The summed E-state index contributed by atoms with van der Waals surface area (Å²) in [4.78, 5) is 12.3. The molecule has 0 saturated heterocycles. The maximum Gasteiger partial charge on any atom is 0.232 e. The van der Waals surface area contributed by atoms with Gasteiger partial charge in [0.2, 0.25) is 5.91 Å². The number of hydrogen-bond acceptors (Lipinski definition) is 3. The molecule has 1 heterocycles. The highest BCUT2D eigenvalue weighted by Crippen LogP contribution is 2.33. The normalized spacial score (nSPS) is 16.6. The quantitative estimate of drug-likeness (QED) is 0.756. The number of aromatic amines is 1. The molecule has 1 atom stereocenters. The predicted molar refractivity (Wildman–Crippen MR) is 87.7 cm³/mol. The van der Waals surface area contributed by atoms with E-state index in [9.17, 15) is 4.79 Å². The number of aromatic nitrogens is 2. The molecule has 1 saturated carbocycles. The third kappa shape index (κ3) is 3.13. The number of nitrogens with zero attached hydrogens (tertiary/aromatic N) is 1. The number of rotatable bonds is 4. The maximum atomic E-state index is 12.3. The Morgan fingerprint density at radius 3 is 2.68 bits per heavy atom. The molecule has 1 aliphatic carbocycles. The first-order valence-corrected chi connectivity index (χ1v) is 7.85. The van der Waals surface area contributed by atoms with Gasteiger partial charge in [-0.15, -0.1) is 0 Å². The fourth-order valence-corrected chi connectivity index (χ4v) is 3.02. The first-order valence-electron chi connectivity index (χ1n) is 7.85. The molecule has 2 aromatic rings. The van der Waals surface area contributed by atoms with Crippen molar-refractivity contribution in [3.05, 3.63) is 41.6 Å². The van der Waals surface area contributed by atoms with Crippen molar-refractivity contribution in [2.24, 2.45) is 0 Å². The minimum absolute atomic E-state index is 0.0609. The van der Waals surface area contributed by atoms with Gasteiger partial charge in [0.25, 0.3) is 0 Å². The fraction of sp³-hybridized carbons (Fsp3) is 0.412. The van der Waals surface area contributed by atoms with Gasteiger partial charge in [-0.25, -0.2) is 0 Å². The summed E-state index contributed by atoms with van der Waals surface area (Å²) in [5.41, 5.74) is 8.45. The molecule has 1 aromatic carbocycles. The second-order valence-electron chi connectivity index (χ2n) is 6.07. The van der Waals surface area contributed by atoms with Crippen molar-refractivity contribution in [3.8, 4) is 0 Å². The maximum absolute atomic E-state index is 12.3. The summed E-state index contributed by atoms with van der Waals surface area (Å²) in [5.74, 6) is 0.864. The molecule has 0 aliphatic heterocycles. The summed E-state index contributed by atoms with van der Waals surface area (Å²) in [6.07, 6.45) is 4.97. The van der Waals surface area contributed by atoms with Crippen LogP contribution in [0.5, 0.6) is 0 Å². The van der Waals surface area contributed by atoms with Crippen molar-refractivity contribution in [1.82, 2.24) is 10.2 Å². The van der Waals surface area contributed by atoms with Gasteiger partial charge < -0.3 is 11.1 Å². The molecular formula is C17H22N4O. The fourth-order valence-electron chi connectivity index (χ4n) is 3.02. The Kier molecular flexibility index (Phi) is 4.13. The van der Waals surface area contributed by atoms with Crippen LogP contribution in [-0.4, -0.2) is 16.1 Å². The van der Waals surface area contributed by atoms with Gasteiger partial charge >= 0.3 is 0 Å². The number of nitrogens with two attached hydrogens (primary N) is 1. The van der Waals surface area contributed by atoms with Gasteiger partial charge in [0.05, 0.1) is 5.92 Å². The van der Waals surface area contributed by atoms with Crippen LogP contribution in [0.2, 0.25) is 0 Å². The zero-order valence-corrected chi connectivity index (χ0v) is 12.8. The van der Waals surface area contributed by atoms with Gasteiger partial charge in [-0.3, -0.25) is 9.89 Å². The highest BCUT2D eigenvalue weighted by atomic mass is 16.1. The number of anilines is 2.